The summed E-state index contributed by atoms with van der Waals surface area (Å²) in [6.45, 7) is 4.63. The molecule has 0 spiro atoms. The lowest BCUT2D eigenvalue weighted by Gasteiger charge is -2.35. The zero-order valence-electron chi connectivity index (χ0n) is 16.7. The Bertz CT molecular complexity index is 824. The Morgan fingerprint density at radius 3 is 2.38 bits per heavy atom. The number of hydrogen-bond acceptors (Lipinski definition) is 6. The van der Waals surface area contributed by atoms with E-state index in [-0.39, 0.29) is 12.4 Å². The molecule has 7 nitrogen and oxygen atoms in total. The molecule has 160 valence electrons. The number of nitrogens with zero attached hydrogens (tertiary/aromatic N) is 3. The van der Waals surface area contributed by atoms with E-state index >= 15 is 0 Å². The zero-order valence-corrected chi connectivity index (χ0v) is 19.2. The van der Waals surface area contributed by atoms with E-state index in [0.29, 0.717) is 42.9 Å². The van der Waals surface area contributed by atoms with E-state index in [0.717, 1.165) is 5.56 Å². The lowest BCUT2D eigenvalue weighted by atomic mass is 10.2. The van der Waals surface area contributed by atoms with Gasteiger partial charge in [0.2, 0.25) is 0 Å². The second-order valence-electron chi connectivity index (χ2n) is 6.82. The van der Waals surface area contributed by atoms with Gasteiger partial charge >= 0.3 is 0 Å². The maximum absolute atomic E-state index is 12.6. The molecule has 1 aromatic rings. The molecule has 1 fully saturated rings. The van der Waals surface area contributed by atoms with Gasteiger partial charge in [-0.25, -0.2) is 8.42 Å². The summed E-state index contributed by atoms with van der Waals surface area (Å²) in [5.74, 6) is -1.23. The minimum Gasteiger partial charge on any atom is -0.378 e. The van der Waals surface area contributed by atoms with Crippen molar-refractivity contribution in [2.75, 3.05) is 58.1 Å². The monoisotopic (exact) mass is 457 g/mol. The second kappa shape index (κ2) is 11.0. The Morgan fingerprint density at radius 1 is 1.17 bits per heavy atom. The van der Waals surface area contributed by atoms with Gasteiger partial charge in [0.1, 0.15) is 16.6 Å². The summed E-state index contributed by atoms with van der Waals surface area (Å²) in [7, 11) is -1.96. The number of thiocarbonyl (C=S) groups is 2. The first-order chi connectivity index (χ1) is 13.7. The molecule has 1 heterocycles. The smallest absolute Gasteiger partial charge is 0.175 e. The zero-order chi connectivity index (χ0) is 21.4. The van der Waals surface area contributed by atoms with Gasteiger partial charge in [-0.15, -0.1) is 0 Å². The van der Waals surface area contributed by atoms with E-state index in [9.17, 15) is 13.2 Å². The fourth-order valence-electron chi connectivity index (χ4n) is 2.95. The Labute approximate surface area is 183 Å². The van der Waals surface area contributed by atoms with Gasteiger partial charge in [0.05, 0.1) is 19.8 Å². The van der Waals surface area contributed by atoms with E-state index in [1.165, 1.54) is 0 Å². The van der Waals surface area contributed by atoms with Gasteiger partial charge in [0, 0.05) is 32.2 Å². The Morgan fingerprint density at radius 2 is 1.79 bits per heavy atom. The van der Waals surface area contributed by atoms with Crippen LogP contribution in [0, 0.1) is 0 Å². The molecule has 0 N–H and O–H groups in total. The third-order valence-electron chi connectivity index (χ3n) is 4.45. The number of benzene rings is 1. The number of Topliss-reactive ketones (excluding diaryl/α,β-unsaturated/α-hetero) is 1. The van der Waals surface area contributed by atoms with E-state index in [1.54, 1.807) is 16.8 Å². The number of morpholine rings is 1. The molecule has 1 aliphatic heterocycles. The summed E-state index contributed by atoms with van der Waals surface area (Å²) in [5, 5.41) is 0.481. The number of carbonyl (C=O) groups is 1. The minimum absolute atomic E-state index is 0.0625. The predicted molar refractivity (Wildman–Crippen MR) is 122 cm³/mol. The van der Waals surface area contributed by atoms with Crippen molar-refractivity contribution < 1.29 is 17.9 Å². The van der Waals surface area contributed by atoms with Crippen LogP contribution in [0.15, 0.2) is 30.3 Å². The molecule has 0 amide bonds. The second-order valence-corrected chi connectivity index (χ2v) is 9.61. The van der Waals surface area contributed by atoms with Crippen molar-refractivity contribution in [3.8, 4) is 0 Å². The standard InChI is InChI=1S/C19H27N3O4S3/c1-3-21(19(28)22-9-11-26-12-10-22)15-29(24,25)14-17(23)13-20(2)18(27)16-7-5-4-6-8-16/h4-8H,3,9-15H2,1-2H3. The average molecular weight is 458 g/mol. The Hall–Kier alpha value is -1.62. The van der Waals surface area contributed by atoms with Gasteiger partial charge in [-0.1, -0.05) is 42.5 Å². The van der Waals surface area contributed by atoms with Gasteiger partial charge in [-0.05, 0) is 19.1 Å². The van der Waals surface area contributed by atoms with Crippen molar-refractivity contribution in [2.45, 2.75) is 6.92 Å². The summed E-state index contributed by atoms with van der Waals surface area (Å²) in [6.07, 6.45) is 0. The molecule has 0 bridgehead atoms. The topological polar surface area (TPSA) is 70.2 Å². The summed E-state index contributed by atoms with van der Waals surface area (Å²) in [5.41, 5.74) is 0.814. The highest BCUT2D eigenvalue weighted by atomic mass is 32.2. The van der Waals surface area contributed by atoms with Gasteiger partial charge in [-0.3, -0.25) is 4.79 Å². The van der Waals surface area contributed by atoms with E-state index < -0.39 is 21.4 Å². The first-order valence-electron chi connectivity index (χ1n) is 9.37. The molecule has 0 saturated carbocycles. The van der Waals surface area contributed by atoms with Crippen molar-refractivity contribution in [2.24, 2.45) is 0 Å². The molecule has 1 saturated heterocycles. The van der Waals surface area contributed by atoms with Crippen LogP contribution in [0.1, 0.15) is 12.5 Å². The van der Waals surface area contributed by atoms with Crippen LogP contribution in [0.25, 0.3) is 0 Å². The quantitative estimate of drug-likeness (QED) is 0.535. The van der Waals surface area contributed by atoms with Crippen molar-refractivity contribution in [3.05, 3.63) is 35.9 Å². The van der Waals surface area contributed by atoms with Crippen molar-refractivity contribution in [3.63, 3.8) is 0 Å². The van der Waals surface area contributed by atoms with Crippen LogP contribution in [0.2, 0.25) is 0 Å². The number of likely N-dealkylation sites (N-methyl/N-ethyl adjacent to an activating group) is 1. The van der Waals surface area contributed by atoms with E-state index in [2.05, 4.69) is 0 Å². The van der Waals surface area contributed by atoms with Gasteiger partial charge in [0.25, 0.3) is 0 Å². The number of rotatable bonds is 8. The number of carbonyl (C=O) groups excluding carboxylic acids is 1. The molecule has 1 aromatic carbocycles. The highest BCUT2D eigenvalue weighted by Crippen LogP contribution is 2.08. The summed E-state index contributed by atoms with van der Waals surface area (Å²) >= 11 is 10.8. The average Bonchev–Trinajstić information content (AvgIpc) is 2.71. The molecule has 2 rings (SSSR count). The normalized spacial score (nSPS) is 14.3. The molecule has 0 aromatic heterocycles. The Kier molecular flexibility index (Phi) is 8.94. The summed E-state index contributed by atoms with van der Waals surface area (Å²) in [6, 6.07) is 9.30. The number of ketones is 1. The fourth-order valence-corrected chi connectivity index (χ4v) is 5.06. The van der Waals surface area contributed by atoms with Crippen LogP contribution in [0.4, 0.5) is 0 Å². The molecule has 0 atom stereocenters. The molecule has 0 aliphatic carbocycles. The number of sulfone groups is 1. The number of hydrogen-bond donors (Lipinski definition) is 0. The highest BCUT2D eigenvalue weighted by molar-refractivity contribution is 7.92. The van der Waals surface area contributed by atoms with E-state index in [1.807, 2.05) is 42.2 Å². The molecule has 10 heteroatoms. The summed E-state index contributed by atoms with van der Waals surface area (Å²) < 4.78 is 30.5. The van der Waals surface area contributed by atoms with Crippen LogP contribution >= 0.6 is 24.4 Å². The maximum Gasteiger partial charge on any atom is 0.175 e. The molecular weight excluding hydrogens is 430 g/mol. The molecule has 0 radical (unpaired) electrons. The van der Waals surface area contributed by atoms with Gasteiger partial charge in [-0.2, -0.15) is 0 Å². The van der Waals surface area contributed by atoms with Crippen LogP contribution in [0.3, 0.4) is 0 Å². The van der Waals surface area contributed by atoms with Crippen molar-refractivity contribution >= 4 is 50.2 Å². The van der Waals surface area contributed by atoms with Crippen LogP contribution in [0.5, 0.6) is 0 Å². The molecule has 1 aliphatic rings. The van der Waals surface area contributed by atoms with Crippen molar-refractivity contribution in [1.29, 1.82) is 0 Å². The SMILES string of the molecule is CCN(CS(=O)(=O)CC(=O)CN(C)C(=S)c1ccccc1)C(=S)N1CCOCC1. The first kappa shape index (κ1) is 23.7. The van der Waals surface area contributed by atoms with Crippen molar-refractivity contribution in [1.82, 2.24) is 14.7 Å². The maximum atomic E-state index is 12.6. The van der Waals surface area contributed by atoms with Crippen LogP contribution < -0.4 is 0 Å². The Balaban J connectivity index is 1.92. The van der Waals surface area contributed by atoms with E-state index in [4.69, 9.17) is 29.2 Å². The van der Waals surface area contributed by atoms with Crippen LogP contribution in [-0.4, -0.2) is 97.1 Å². The lowest BCUT2D eigenvalue weighted by molar-refractivity contribution is -0.116. The highest BCUT2D eigenvalue weighted by Gasteiger charge is 2.25. The molecule has 29 heavy (non-hydrogen) atoms. The lowest BCUT2D eigenvalue weighted by Crippen LogP contribution is -2.49. The third-order valence-corrected chi connectivity index (χ3v) is 6.98. The molecule has 0 unspecified atom stereocenters. The largest absolute Gasteiger partial charge is 0.378 e. The predicted octanol–water partition coefficient (Wildman–Crippen LogP) is 1.17. The van der Waals surface area contributed by atoms with Crippen LogP contribution in [-0.2, 0) is 19.4 Å². The summed E-state index contributed by atoms with van der Waals surface area (Å²) in [4.78, 5) is 18.0. The van der Waals surface area contributed by atoms with Gasteiger partial charge < -0.3 is 19.4 Å². The fraction of sp³-hybridized carbons (Fsp3) is 0.526. The molecular formula is C19H27N3O4S3. The van der Waals surface area contributed by atoms with Gasteiger partial charge in [0.15, 0.2) is 20.7 Å². The minimum atomic E-state index is -3.65. The third kappa shape index (κ3) is 7.29. The number of ether oxygens (including phenoxy) is 1. The first-order valence-corrected chi connectivity index (χ1v) is 12.0.